The topological polar surface area (TPSA) is 73.6 Å². The third-order valence-corrected chi connectivity index (χ3v) is 3.67. The second-order valence-electron chi connectivity index (χ2n) is 4.98. The minimum absolute atomic E-state index is 0.00291. The number of hydrogen-bond donors (Lipinski definition) is 3. The third-order valence-electron chi connectivity index (χ3n) is 3.67. The van der Waals surface area contributed by atoms with Crippen LogP contribution < -0.4 is 10.9 Å². The minimum Gasteiger partial charge on any atom is -0.348 e. The van der Waals surface area contributed by atoms with Crippen molar-refractivity contribution in [1.29, 1.82) is 0 Å². The van der Waals surface area contributed by atoms with Crippen LogP contribution in [-0.2, 0) is 12.8 Å². The van der Waals surface area contributed by atoms with Crippen molar-refractivity contribution in [3.8, 4) is 0 Å². The highest BCUT2D eigenvalue weighted by Crippen LogP contribution is 2.27. The second kappa shape index (κ2) is 5.40. The van der Waals surface area contributed by atoms with Gasteiger partial charge in [-0.2, -0.15) is 0 Å². The van der Waals surface area contributed by atoms with E-state index in [9.17, 15) is 4.79 Å². The molecule has 0 amide bonds. The van der Waals surface area contributed by atoms with Gasteiger partial charge >= 0.3 is 0 Å². The van der Waals surface area contributed by atoms with Gasteiger partial charge < -0.3 is 15.3 Å². The van der Waals surface area contributed by atoms with Crippen molar-refractivity contribution in [3.05, 3.63) is 52.0 Å². The molecule has 0 saturated carbocycles. The number of aromatic nitrogens is 3. The predicted molar refractivity (Wildman–Crippen MR) is 73.0 cm³/mol. The quantitative estimate of drug-likeness (QED) is 0.774. The van der Waals surface area contributed by atoms with Crippen molar-refractivity contribution in [2.45, 2.75) is 31.7 Å². The molecule has 100 valence electrons. The van der Waals surface area contributed by atoms with Gasteiger partial charge in [0, 0.05) is 42.7 Å². The second-order valence-corrected chi connectivity index (χ2v) is 4.98. The predicted octanol–water partition coefficient (Wildman–Crippen LogP) is 1.31. The molecule has 2 aromatic rings. The maximum absolute atomic E-state index is 11.3. The molecule has 0 aromatic carbocycles. The van der Waals surface area contributed by atoms with Gasteiger partial charge in [0.05, 0.1) is 6.33 Å². The first-order valence-corrected chi connectivity index (χ1v) is 6.75. The van der Waals surface area contributed by atoms with Crippen LogP contribution in [0.2, 0.25) is 0 Å². The number of hydrogen-bond acceptors (Lipinski definition) is 3. The number of rotatable bonds is 4. The van der Waals surface area contributed by atoms with E-state index in [0.29, 0.717) is 6.04 Å². The molecule has 1 aliphatic rings. The Morgan fingerprint density at radius 3 is 3.21 bits per heavy atom. The third kappa shape index (κ3) is 2.76. The van der Waals surface area contributed by atoms with Gasteiger partial charge in [0.25, 0.3) is 0 Å². The van der Waals surface area contributed by atoms with E-state index >= 15 is 0 Å². The van der Waals surface area contributed by atoms with E-state index in [1.165, 1.54) is 5.56 Å². The fraction of sp³-hybridized carbons (Fsp3) is 0.429. The molecule has 3 rings (SSSR count). The highest BCUT2D eigenvalue weighted by molar-refractivity contribution is 5.26. The highest BCUT2D eigenvalue weighted by atomic mass is 16.1. The molecule has 0 aliphatic heterocycles. The Labute approximate surface area is 111 Å². The van der Waals surface area contributed by atoms with E-state index in [0.717, 1.165) is 43.6 Å². The summed E-state index contributed by atoms with van der Waals surface area (Å²) in [6.07, 6.45) is 7.72. The van der Waals surface area contributed by atoms with Crippen molar-refractivity contribution < 1.29 is 0 Å². The lowest BCUT2D eigenvalue weighted by molar-refractivity contribution is 0.456. The summed E-state index contributed by atoms with van der Waals surface area (Å²) in [4.78, 5) is 21.4. The van der Waals surface area contributed by atoms with Crippen molar-refractivity contribution in [1.82, 2.24) is 20.3 Å². The molecule has 0 fully saturated rings. The number of nitrogens with one attached hydrogen (secondary N) is 3. The number of nitrogens with zero attached hydrogens (tertiary/aromatic N) is 1. The fourth-order valence-electron chi connectivity index (χ4n) is 2.71. The average Bonchev–Trinajstić information content (AvgIpc) is 2.92. The van der Waals surface area contributed by atoms with Crippen LogP contribution in [0.3, 0.4) is 0 Å². The van der Waals surface area contributed by atoms with Crippen LogP contribution in [0.15, 0.2) is 29.5 Å². The molecule has 0 saturated heterocycles. The van der Waals surface area contributed by atoms with Crippen LogP contribution in [0.4, 0.5) is 0 Å². The average molecular weight is 258 g/mol. The van der Waals surface area contributed by atoms with Gasteiger partial charge in [0.15, 0.2) is 0 Å². The fourth-order valence-corrected chi connectivity index (χ4v) is 2.71. The number of H-pyrrole nitrogens is 2. The van der Waals surface area contributed by atoms with Crippen molar-refractivity contribution in [2.24, 2.45) is 0 Å². The zero-order valence-electron chi connectivity index (χ0n) is 10.8. The van der Waals surface area contributed by atoms with E-state index < -0.39 is 0 Å². The molecule has 1 atom stereocenters. The molecule has 0 bridgehead atoms. The maximum Gasteiger partial charge on any atom is 0.248 e. The van der Waals surface area contributed by atoms with Gasteiger partial charge in [-0.25, -0.2) is 4.98 Å². The van der Waals surface area contributed by atoms with Crippen LogP contribution in [0.25, 0.3) is 0 Å². The Bertz CT molecular complexity index is 588. The number of pyridine rings is 1. The van der Waals surface area contributed by atoms with Gasteiger partial charge in [0.1, 0.15) is 0 Å². The van der Waals surface area contributed by atoms with Gasteiger partial charge in [-0.1, -0.05) is 6.07 Å². The molecule has 5 heteroatoms. The van der Waals surface area contributed by atoms with Crippen molar-refractivity contribution in [3.63, 3.8) is 0 Å². The Balaban J connectivity index is 1.65. The smallest absolute Gasteiger partial charge is 0.248 e. The van der Waals surface area contributed by atoms with Crippen LogP contribution in [0, 0.1) is 0 Å². The number of fused-ring (bicyclic) bond motifs is 1. The Morgan fingerprint density at radius 2 is 2.37 bits per heavy atom. The first kappa shape index (κ1) is 12.2. The summed E-state index contributed by atoms with van der Waals surface area (Å²) in [5.74, 6) is 0. The van der Waals surface area contributed by atoms with Gasteiger partial charge in [0.2, 0.25) is 5.56 Å². The molecule has 0 radical (unpaired) electrons. The van der Waals surface area contributed by atoms with Crippen LogP contribution in [-0.4, -0.2) is 21.5 Å². The molecule has 0 spiro atoms. The van der Waals surface area contributed by atoms with Crippen molar-refractivity contribution >= 4 is 0 Å². The van der Waals surface area contributed by atoms with E-state index in [1.54, 1.807) is 12.4 Å². The summed E-state index contributed by atoms with van der Waals surface area (Å²) in [6.45, 7) is 0.908. The van der Waals surface area contributed by atoms with Gasteiger partial charge in [-0.3, -0.25) is 4.79 Å². The highest BCUT2D eigenvalue weighted by Gasteiger charge is 2.19. The first-order chi connectivity index (χ1) is 9.33. The zero-order chi connectivity index (χ0) is 13.1. The number of aryl methyl sites for hydroxylation is 1. The summed E-state index contributed by atoms with van der Waals surface area (Å²) in [5, 5.41) is 3.57. The lowest BCUT2D eigenvalue weighted by Gasteiger charge is -2.25. The summed E-state index contributed by atoms with van der Waals surface area (Å²) < 4.78 is 0. The lowest BCUT2D eigenvalue weighted by Crippen LogP contribution is -2.28. The Hall–Kier alpha value is -1.88. The van der Waals surface area contributed by atoms with E-state index in [4.69, 9.17) is 0 Å². The molecular weight excluding hydrogens is 240 g/mol. The van der Waals surface area contributed by atoms with E-state index in [2.05, 4.69) is 20.3 Å². The molecule has 2 heterocycles. The summed E-state index contributed by atoms with van der Waals surface area (Å²) in [5.41, 5.74) is 3.48. The largest absolute Gasteiger partial charge is 0.348 e. The molecule has 3 N–H and O–H groups in total. The first-order valence-electron chi connectivity index (χ1n) is 6.75. The molecular formula is C14H18N4O. The van der Waals surface area contributed by atoms with E-state index in [1.807, 2.05) is 12.3 Å². The molecule has 1 aliphatic carbocycles. The Kier molecular flexibility index (Phi) is 3.46. The summed E-state index contributed by atoms with van der Waals surface area (Å²) in [6, 6.07) is 3.93. The van der Waals surface area contributed by atoms with E-state index in [-0.39, 0.29) is 5.56 Å². The van der Waals surface area contributed by atoms with Crippen LogP contribution >= 0.6 is 0 Å². The SMILES string of the molecule is O=c1ccc2c([nH]1)CCCC2NCCc1cnc[nH]1. The summed E-state index contributed by atoms with van der Waals surface area (Å²) in [7, 11) is 0. The molecule has 5 nitrogen and oxygen atoms in total. The standard InChI is InChI=1S/C14H18N4O/c19-14-5-4-11-12(2-1-3-13(11)18-14)16-7-6-10-8-15-9-17-10/h4-5,8-9,12,16H,1-3,6-7H2,(H,15,17)(H,18,19). The molecule has 19 heavy (non-hydrogen) atoms. The summed E-state index contributed by atoms with van der Waals surface area (Å²) >= 11 is 0. The normalized spacial score (nSPS) is 18.2. The number of imidazole rings is 1. The van der Waals surface area contributed by atoms with Gasteiger partial charge in [-0.05, 0) is 24.8 Å². The van der Waals surface area contributed by atoms with Crippen molar-refractivity contribution in [2.75, 3.05) is 6.54 Å². The lowest BCUT2D eigenvalue weighted by atomic mass is 9.91. The molecule has 1 unspecified atom stereocenters. The Morgan fingerprint density at radius 1 is 1.42 bits per heavy atom. The maximum atomic E-state index is 11.3. The van der Waals surface area contributed by atoms with Crippen LogP contribution in [0.1, 0.15) is 35.8 Å². The minimum atomic E-state index is -0.00291. The zero-order valence-corrected chi connectivity index (χ0v) is 10.8. The molecule has 2 aromatic heterocycles. The number of aromatic amines is 2. The monoisotopic (exact) mass is 258 g/mol. The van der Waals surface area contributed by atoms with Gasteiger partial charge in [-0.15, -0.1) is 0 Å². The van der Waals surface area contributed by atoms with Crippen LogP contribution in [0.5, 0.6) is 0 Å².